The Bertz CT molecular complexity index is 564. The maximum atomic E-state index is 12.0. The lowest BCUT2D eigenvalue weighted by Crippen LogP contribution is -2.14. The zero-order valence-corrected chi connectivity index (χ0v) is 12.1. The molecule has 0 atom stereocenters. The molecule has 100 valence electrons. The Balaban J connectivity index is 2.17. The van der Waals surface area contributed by atoms with Gasteiger partial charge in [0, 0.05) is 17.6 Å². The fourth-order valence-corrected chi connectivity index (χ4v) is 2.31. The highest BCUT2D eigenvalue weighted by molar-refractivity contribution is 7.07. The van der Waals surface area contributed by atoms with Gasteiger partial charge in [-0.1, -0.05) is 12.1 Å². The minimum absolute atomic E-state index is 0.161. The summed E-state index contributed by atoms with van der Waals surface area (Å²) in [6, 6.07) is 6.11. The molecular formula is C14H17N3OS. The minimum atomic E-state index is -0.161. The molecule has 4 nitrogen and oxygen atoms in total. The van der Waals surface area contributed by atoms with Crippen LogP contribution in [0.4, 0.5) is 5.69 Å². The number of rotatable bonds is 4. The van der Waals surface area contributed by atoms with Crippen LogP contribution >= 0.6 is 11.3 Å². The number of anilines is 1. The van der Waals surface area contributed by atoms with E-state index in [9.17, 15) is 4.79 Å². The first-order chi connectivity index (χ1) is 9.06. The molecule has 0 saturated heterocycles. The quantitative estimate of drug-likeness (QED) is 0.933. The third-order valence-electron chi connectivity index (χ3n) is 2.71. The summed E-state index contributed by atoms with van der Waals surface area (Å²) in [5, 5.41) is 4.66. The highest BCUT2D eigenvalue weighted by Gasteiger charge is 2.10. The SMILES string of the molecule is Cc1ccc(CN(C)C)cc1NC(=O)c1cscn1. The molecule has 0 saturated carbocycles. The molecule has 19 heavy (non-hydrogen) atoms. The van der Waals surface area contributed by atoms with Crippen molar-refractivity contribution in [3.8, 4) is 0 Å². The molecule has 0 fully saturated rings. The monoisotopic (exact) mass is 275 g/mol. The Hall–Kier alpha value is -1.72. The van der Waals surface area contributed by atoms with Gasteiger partial charge < -0.3 is 10.2 Å². The van der Waals surface area contributed by atoms with Crippen LogP contribution in [-0.4, -0.2) is 29.9 Å². The maximum Gasteiger partial charge on any atom is 0.275 e. The molecule has 2 rings (SSSR count). The van der Waals surface area contributed by atoms with Gasteiger partial charge in [0.1, 0.15) is 5.69 Å². The average molecular weight is 275 g/mol. The predicted molar refractivity (Wildman–Crippen MR) is 78.6 cm³/mol. The van der Waals surface area contributed by atoms with Crippen molar-refractivity contribution in [1.82, 2.24) is 9.88 Å². The molecule has 2 aromatic rings. The molecule has 0 aliphatic rings. The van der Waals surface area contributed by atoms with Gasteiger partial charge in [-0.3, -0.25) is 4.79 Å². The Labute approximate surface area is 117 Å². The highest BCUT2D eigenvalue weighted by Crippen LogP contribution is 2.18. The molecule has 0 bridgehead atoms. The first-order valence-electron chi connectivity index (χ1n) is 6.00. The van der Waals surface area contributed by atoms with Crippen molar-refractivity contribution in [2.24, 2.45) is 0 Å². The van der Waals surface area contributed by atoms with Crippen molar-refractivity contribution in [3.05, 3.63) is 45.9 Å². The fraction of sp³-hybridized carbons (Fsp3) is 0.286. The molecule has 1 amide bonds. The lowest BCUT2D eigenvalue weighted by atomic mass is 10.1. The summed E-state index contributed by atoms with van der Waals surface area (Å²) < 4.78 is 0. The largest absolute Gasteiger partial charge is 0.320 e. The number of nitrogens with zero attached hydrogens (tertiary/aromatic N) is 2. The summed E-state index contributed by atoms with van der Waals surface area (Å²) in [7, 11) is 4.04. The number of carbonyl (C=O) groups is 1. The van der Waals surface area contributed by atoms with Crippen LogP contribution in [0.5, 0.6) is 0 Å². The number of benzene rings is 1. The van der Waals surface area contributed by atoms with Gasteiger partial charge in [0.2, 0.25) is 0 Å². The van der Waals surface area contributed by atoms with E-state index in [1.807, 2.05) is 33.2 Å². The van der Waals surface area contributed by atoms with Gasteiger partial charge in [0.05, 0.1) is 5.51 Å². The van der Waals surface area contributed by atoms with Crippen molar-refractivity contribution in [2.75, 3.05) is 19.4 Å². The van der Waals surface area contributed by atoms with Crippen molar-refractivity contribution in [3.63, 3.8) is 0 Å². The normalized spacial score (nSPS) is 10.7. The van der Waals surface area contributed by atoms with E-state index in [2.05, 4.69) is 21.3 Å². The second-order valence-electron chi connectivity index (χ2n) is 4.71. The maximum absolute atomic E-state index is 12.0. The zero-order valence-electron chi connectivity index (χ0n) is 11.3. The van der Waals surface area contributed by atoms with E-state index in [1.165, 1.54) is 16.9 Å². The van der Waals surface area contributed by atoms with Crippen LogP contribution in [0.25, 0.3) is 0 Å². The molecule has 1 aromatic heterocycles. The van der Waals surface area contributed by atoms with Crippen LogP contribution in [0.3, 0.4) is 0 Å². The van der Waals surface area contributed by atoms with Crippen LogP contribution in [0.1, 0.15) is 21.6 Å². The van der Waals surface area contributed by atoms with E-state index in [4.69, 9.17) is 0 Å². The Morgan fingerprint density at radius 2 is 2.21 bits per heavy atom. The second kappa shape index (κ2) is 5.95. The van der Waals surface area contributed by atoms with E-state index in [0.717, 1.165) is 17.8 Å². The highest BCUT2D eigenvalue weighted by atomic mass is 32.1. The van der Waals surface area contributed by atoms with Gasteiger partial charge in [0.25, 0.3) is 5.91 Å². The van der Waals surface area contributed by atoms with E-state index in [1.54, 1.807) is 10.9 Å². The van der Waals surface area contributed by atoms with E-state index >= 15 is 0 Å². The first-order valence-corrected chi connectivity index (χ1v) is 6.94. The number of aromatic nitrogens is 1. The van der Waals surface area contributed by atoms with Crippen LogP contribution in [0.2, 0.25) is 0 Å². The minimum Gasteiger partial charge on any atom is -0.320 e. The van der Waals surface area contributed by atoms with Crippen LogP contribution < -0.4 is 5.32 Å². The van der Waals surface area contributed by atoms with Crippen molar-refractivity contribution < 1.29 is 4.79 Å². The number of hydrogen-bond acceptors (Lipinski definition) is 4. The first kappa shape index (κ1) is 13.7. The predicted octanol–water partition coefficient (Wildman–Crippen LogP) is 2.77. The Morgan fingerprint density at radius 3 is 2.84 bits per heavy atom. The molecule has 1 aromatic carbocycles. The molecule has 5 heteroatoms. The Morgan fingerprint density at radius 1 is 1.42 bits per heavy atom. The average Bonchev–Trinajstić information content (AvgIpc) is 2.86. The number of hydrogen-bond donors (Lipinski definition) is 1. The van der Waals surface area contributed by atoms with Crippen molar-refractivity contribution >= 4 is 22.9 Å². The second-order valence-corrected chi connectivity index (χ2v) is 5.43. The smallest absolute Gasteiger partial charge is 0.275 e. The number of carbonyl (C=O) groups excluding carboxylic acids is 1. The van der Waals surface area contributed by atoms with Crippen LogP contribution in [0, 0.1) is 6.92 Å². The van der Waals surface area contributed by atoms with Crippen LogP contribution in [-0.2, 0) is 6.54 Å². The van der Waals surface area contributed by atoms with E-state index in [0.29, 0.717) is 5.69 Å². The molecule has 0 aliphatic heterocycles. The van der Waals surface area contributed by atoms with Gasteiger partial charge in [-0.25, -0.2) is 4.98 Å². The third kappa shape index (κ3) is 3.62. The van der Waals surface area contributed by atoms with Gasteiger partial charge in [-0.15, -0.1) is 11.3 Å². The zero-order chi connectivity index (χ0) is 13.8. The van der Waals surface area contributed by atoms with Gasteiger partial charge in [0.15, 0.2) is 0 Å². The molecule has 0 radical (unpaired) electrons. The summed E-state index contributed by atoms with van der Waals surface area (Å²) >= 11 is 1.42. The van der Waals surface area contributed by atoms with E-state index in [-0.39, 0.29) is 5.91 Å². The van der Waals surface area contributed by atoms with Gasteiger partial charge >= 0.3 is 0 Å². The van der Waals surface area contributed by atoms with Crippen LogP contribution in [0.15, 0.2) is 29.1 Å². The standard InChI is InChI=1S/C14H17N3OS/c1-10-4-5-11(7-17(2)3)6-12(10)16-14(18)13-8-19-9-15-13/h4-6,8-9H,7H2,1-3H3,(H,16,18). The van der Waals surface area contributed by atoms with Gasteiger partial charge in [-0.05, 0) is 38.2 Å². The van der Waals surface area contributed by atoms with Gasteiger partial charge in [-0.2, -0.15) is 0 Å². The summed E-state index contributed by atoms with van der Waals surface area (Å²) in [5.74, 6) is -0.161. The number of thiazole rings is 1. The lowest BCUT2D eigenvalue weighted by Gasteiger charge is -2.13. The summed E-state index contributed by atoms with van der Waals surface area (Å²) in [6.07, 6.45) is 0. The molecule has 0 aliphatic carbocycles. The van der Waals surface area contributed by atoms with Crippen molar-refractivity contribution in [1.29, 1.82) is 0 Å². The number of amides is 1. The molecule has 1 N–H and O–H groups in total. The number of nitrogens with one attached hydrogen (secondary N) is 1. The summed E-state index contributed by atoms with van der Waals surface area (Å²) in [5.41, 5.74) is 5.18. The fourth-order valence-electron chi connectivity index (χ4n) is 1.78. The summed E-state index contributed by atoms with van der Waals surface area (Å²) in [6.45, 7) is 2.83. The van der Waals surface area contributed by atoms with E-state index < -0.39 is 0 Å². The van der Waals surface area contributed by atoms with Crippen molar-refractivity contribution in [2.45, 2.75) is 13.5 Å². The third-order valence-corrected chi connectivity index (χ3v) is 3.30. The lowest BCUT2D eigenvalue weighted by molar-refractivity contribution is 0.102. The Kier molecular flexibility index (Phi) is 4.29. The molecule has 0 spiro atoms. The summed E-state index contributed by atoms with van der Waals surface area (Å²) in [4.78, 5) is 18.1. The number of aryl methyl sites for hydroxylation is 1. The topological polar surface area (TPSA) is 45.2 Å². The molecule has 1 heterocycles. The molecule has 0 unspecified atom stereocenters. The molecular weight excluding hydrogens is 258 g/mol.